The molecule has 0 aromatic carbocycles. The average Bonchev–Trinajstić information content (AvgIpc) is 2.78. The van der Waals surface area contributed by atoms with Crippen LogP contribution in [0.15, 0.2) is 11.6 Å². The van der Waals surface area contributed by atoms with E-state index in [1.165, 1.54) is 6.92 Å². The van der Waals surface area contributed by atoms with Crippen molar-refractivity contribution < 1.29 is 54.4 Å². The number of hydrogen-bond donors (Lipinski definition) is 6. The summed E-state index contributed by atoms with van der Waals surface area (Å²) in [6, 6.07) is 0. The van der Waals surface area contributed by atoms with Gasteiger partial charge in [0.2, 0.25) is 0 Å². The minimum atomic E-state index is -1.57. The fourth-order valence-corrected chi connectivity index (χ4v) is 5.42. The maximum Gasteiger partial charge on any atom is 0.186 e. The molecule has 3 aliphatic rings. The van der Waals surface area contributed by atoms with Crippen LogP contribution in [0, 0.1) is 11.3 Å². The van der Waals surface area contributed by atoms with Crippen molar-refractivity contribution in [1.29, 1.82) is 0 Å². The van der Waals surface area contributed by atoms with Gasteiger partial charge in [-0.15, -0.1) is 0 Å². The van der Waals surface area contributed by atoms with Gasteiger partial charge in [-0.2, -0.15) is 0 Å². The molecule has 12 atom stereocenters. The van der Waals surface area contributed by atoms with Gasteiger partial charge in [0.05, 0.1) is 18.8 Å². The first-order chi connectivity index (χ1) is 16.7. The Morgan fingerprint density at radius 2 is 1.58 bits per heavy atom. The van der Waals surface area contributed by atoms with Crippen LogP contribution in [-0.2, 0) is 23.7 Å². The molecule has 0 spiro atoms. The quantitative estimate of drug-likeness (QED) is 0.242. The molecule has 36 heavy (non-hydrogen) atoms. The summed E-state index contributed by atoms with van der Waals surface area (Å²) < 4.78 is 22.5. The molecule has 0 unspecified atom stereocenters. The molecule has 2 aliphatic heterocycles. The predicted molar refractivity (Wildman–Crippen MR) is 125 cm³/mol. The van der Waals surface area contributed by atoms with E-state index in [-0.39, 0.29) is 29.8 Å². The van der Waals surface area contributed by atoms with Crippen molar-refractivity contribution in [2.75, 3.05) is 6.61 Å². The molecule has 0 amide bonds. The molecule has 0 radical (unpaired) electrons. The summed E-state index contributed by atoms with van der Waals surface area (Å²) >= 11 is 0. The molecule has 0 aromatic rings. The molecule has 3 rings (SSSR count). The molecule has 2 saturated heterocycles. The van der Waals surface area contributed by atoms with Gasteiger partial charge >= 0.3 is 0 Å². The number of carbonyl (C=O) groups excluding carboxylic acids is 1. The Hall–Kier alpha value is -0.990. The molecule has 1 aliphatic carbocycles. The second kappa shape index (κ2) is 11.8. The van der Waals surface area contributed by atoms with Gasteiger partial charge in [-0.3, -0.25) is 4.79 Å². The number of ether oxygens (including phenoxy) is 4. The number of aliphatic hydroxyl groups is 6. The second-order valence-electron chi connectivity index (χ2n) is 11.1. The normalized spacial score (nSPS) is 44.2. The predicted octanol–water partition coefficient (Wildman–Crippen LogP) is -0.615. The average molecular weight is 519 g/mol. The molecule has 6 N–H and O–H groups in total. The number of carbonyl (C=O) groups is 1. The van der Waals surface area contributed by atoms with Gasteiger partial charge in [-0.25, -0.2) is 0 Å². The lowest BCUT2D eigenvalue weighted by Gasteiger charge is -2.43. The monoisotopic (exact) mass is 518 g/mol. The third-order valence-corrected chi connectivity index (χ3v) is 7.64. The zero-order valence-electron chi connectivity index (χ0n) is 21.6. The van der Waals surface area contributed by atoms with Crippen molar-refractivity contribution in [3.63, 3.8) is 0 Å². The third-order valence-electron chi connectivity index (χ3n) is 7.64. The minimum Gasteiger partial charge on any atom is -0.388 e. The largest absolute Gasteiger partial charge is 0.388 e. The van der Waals surface area contributed by atoms with Crippen LogP contribution in [-0.4, -0.2) is 111 Å². The Labute approximate surface area is 211 Å². The van der Waals surface area contributed by atoms with Crippen LogP contribution in [0.2, 0.25) is 0 Å². The van der Waals surface area contributed by atoms with Crippen molar-refractivity contribution in [3.05, 3.63) is 11.6 Å². The Kier molecular flexibility index (Phi) is 9.70. The fraction of sp³-hybridized carbons (Fsp3) is 0.880. The summed E-state index contributed by atoms with van der Waals surface area (Å²) in [4.78, 5) is 11.9. The van der Waals surface area contributed by atoms with Crippen molar-refractivity contribution in [1.82, 2.24) is 0 Å². The van der Waals surface area contributed by atoms with Crippen LogP contribution < -0.4 is 0 Å². The van der Waals surface area contributed by atoms with Gasteiger partial charge in [0.15, 0.2) is 18.4 Å². The molecule has 0 aromatic heterocycles. The summed E-state index contributed by atoms with van der Waals surface area (Å²) in [6.45, 7) is 9.09. The third kappa shape index (κ3) is 6.52. The number of hydrogen-bond acceptors (Lipinski definition) is 11. The van der Waals surface area contributed by atoms with E-state index in [0.29, 0.717) is 12.8 Å². The van der Waals surface area contributed by atoms with Crippen molar-refractivity contribution in [2.45, 2.75) is 121 Å². The Bertz CT molecular complexity index is 786. The van der Waals surface area contributed by atoms with Crippen LogP contribution in [0.4, 0.5) is 0 Å². The van der Waals surface area contributed by atoms with E-state index in [1.807, 2.05) is 13.8 Å². The van der Waals surface area contributed by atoms with E-state index < -0.39 is 61.4 Å². The molecule has 2 heterocycles. The van der Waals surface area contributed by atoms with Crippen LogP contribution >= 0.6 is 0 Å². The Morgan fingerprint density at radius 3 is 2.22 bits per heavy atom. The van der Waals surface area contributed by atoms with Crippen LogP contribution in [0.25, 0.3) is 0 Å². The summed E-state index contributed by atoms with van der Waals surface area (Å²) in [6.07, 6.45) is -10.1. The second-order valence-corrected chi connectivity index (χ2v) is 11.1. The first-order valence-corrected chi connectivity index (χ1v) is 12.6. The SMILES string of the molecule is CC1=CC(=O)CC(C)(C)[C@H]1CC[C@@H](C)O[C@@H]1O[C@H](CO[C@H]2O[C@@H](C)[C@H](O)[C@@H](O)[C@H]2O)[C@@H](O)[C@H](O)[C@H]1O. The summed E-state index contributed by atoms with van der Waals surface area (Å²) in [7, 11) is 0. The van der Waals surface area contributed by atoms with Crippen molar-refractivity contribution >= 4 is 5.78 Å². The highest BCUT2D eigenvalue weighted by atomic mass is 16.7. The van der Waals surface area contributed by atoms with Gasteiger partial charge < -0.3 is 49.6 Å². The highest BCUT2D eigenvalue weighted by molar-refractivity contribution is 5.91. The lowest BCUT2D eigenvalue weighted by molar-refractivity contribution is -0.332. The van der Waals surface area contributed by atoms with Crippen LogP contribution in [0.5, 0.6) is 0 Å². The number of aliphatic hydroxyl groups excluding tert-OH is 6. The fourth-order valence-electron chi connectivity index (χ4n) is 5.42. The van der Waals surface area contributed by atoms with Crippen LogP contribution in [0.1, 0.15) is 53.9 Å². The summed E-state index contributed by atoms with van der Waals surface area (Å²) in [5, 5.41) is 61.1. The van der Waals surface area contributed by atoms with E-state index in [2.05, 4.69) is 13.8 Å². The lowest BCUT2D eigenvalue weighted by Crippen LogP contribution is -2.61. The number of ketones is 1. The van der Waals surface area contributed by atoms with E-state index >= 15 is 0 Å². The molecule has 0 saturated carbocycles. The topological polar surface area (TPSA) is 175 Å². The Balaban J connectivity index is 1.56. The van der Waals surface area contributed by atoms with Gasteiger partial charge in [-0.1, -0.05) is 19.4 Å². The lowest BCUT2D eigenvalue weighted by atomic mass is 9.66. The maximum absolute atomic E-state index is 11.9. The highest BCUT2D eigenvalue weighted by Crippen LogP contribution is 2.42. The zero-order chi connectivity index (χ0) is 26.9. The van der Waals surface area contributed by atoms with Gasteiger partial charge in [0, 0.05) is 6.42 Å². The van der Waals surface area contributed by atoms with Crippen LogP contribution in [0.3, 0.4) is 0 Å². The van der Waals surface area contributed by atoms with Gasteiger partial charge in [0.25, 0.3) is 0 Å². The van der Waals surface area contributed by atoms with Gasteiger partial charge in [0.1, 0.15) is 42.7 Å². The first-order valence-electron chi connectivity index (χ1n) is 12.6. The van der Waals surface area contributed by atoms with E-state index in [9.17, 15) is 35.4 Å². The molecule has 11 heteroatoms. The molecule has 2 fully saturated rings. The molecular formula is C25H42O11. The number of allylic oxidation sites excluding steroid dienone is 2. The Morgan fingerprint density at radius 1 is 0.972 bits per heavy atom. The number of rotatable bonds is 8. The van der Waals surface area contributed by atoms with Gasteiger partial charge in [-0.05, 0) is 51.0 Å². The standard InChI is InChI=1S/C25H42O11/c1-11-8-14(26)9-25(4,5)15(11)7-6-12(2)34-24-22(32)20(30)18(28)16(36-24)10-33-23-21(31)19(29)17(27)13(3)35-23/h8,12-13,15-24,27-32H,6-7,9-10H2,1-5H3/t12-,13+,15+,16-,17+,18-,19-,20+,21-,22-,23+,24-/m1/s1. The maximum atomic E-state index is 11.9. The van der Waals surface area contributed by atoms with Crippen molar-refractivity contribution in [3.8, 4) is 0 Å². The zero-order valence-corrected chi connectivity index (χ0v) is 21.6. The van der Waals surface area contributed by atoms with E-state index in [4.69, 9.17) is 18.9 Å². The smallest absolute Gasteiger partial charge is 0.186 e. The molecule has 208 valence electrons. The van der Waals surface area contributed by atoms with Crippen molar-refractivity contribution in [2.24, 2.45) is 11.3 Å². The van der Waals surface area contributed by atoms with E-state index in [1.54, 1.807) is 6.08 Å². The summed E-state index contributed by atoms with van der Waals surface area (Å²) in [5.41, 5.74) is 0.860. The minimum absolute atomic E-state index is 0.129. The highest BCUT2D eigenvalue weighted by Gasteiger charge is 2.47. The molecule has 11 nitrogen and oxygen atoms in total. The first kappa shape index (κ1) is 29.6. The summed E-state index contributed by atoms with van der Waals surface area (Å²) in [5.74, 6) is 0.328. The molecule has 0 bridgehead atoms. The van der Waals surface area contributed by atoms with E-state index in [0.717, 1.165) is 12.0 Å². The molecular weight excluding hydrogens is 476 g/mol.